The maximum absolute atomic E-state index is 12.8. The number of carbonyl (C=O) groups is 1. The molecule has 1 heterocycles. The van der Waals surface area contributed by atoms with Crippen molar-refractivity contribution in [2.75, 3.05) is 6.61 Å². The smallest absolute Gasteiger partial charge is 0.220 e. The van der Waals surface area contributed by atoms with E-state index < -0.39 is 47.1 Å². The number of aromatic nitrogens is 1. The number of nitrogens with zero attached hydrogens (tertiary/aromatic N) is 1. The van der Waals surface area contributed by atoms with E-state index in [1.165, 1.54) is 11.8 Å². The first-order valence-electron chi connectivity index (χ1n) is 18.6. The molecule has 0 aliphatic heterocycles. The summed E-state index contributed by atoms with van der Waals surface area (Å²) in [7, 11) is 0. The van der Waals surface area contributed by atoms with Crippen LogP contribution in [0.5, 0.6) is 5.75 Å². The lowest BCUT2D eigenvalue weighted by atomic mass is 9.75. The summed E-state index contributed by atoms with van der Waals surface area (Å²) < 4.78 is 12.9. The van der Waals surface area contributed by atoms with Gasteiger partial charge in [-0.25, -0.2) is 0 Å². The van der Waals surface area contributed by atoms with E-state index in [1.54, 1.807) is 12.3 Å². The zero-order valence-electron chi connectivity index (χ0n) is 30.0. The zero-order chi connectivity index (χ0) is 37.8. The Morgan fingerprint density at radius 2 is 1.70 bits per heavy atom. The largest absolute Gasteiger partial charge is 0.490 e. The van der Waals surface area contributed by atoms with Gasteiger partial charge in [0, 0.05) is 45.4 Å². The Kier molecular flexibility index (Phi) is 12.7. The fraction of sp³-hybridized carbons (Fsp3) is 0.550. The van der Waals surface area contributed by atoms with Crippen LogP contribution in [-0.2, 0) is 21.7 Å². The molecular weight excluding hydrogens is 720 g/mol. The molecule has 0 unspecified atom stereocenters. The van der Waals surface area contributed by atoms with E-state index in [4.69, 9.17) is 21.1 Å². The number of aliphatic hydroxyl groups excluding tert-OH is 5. The average molecular weight is 771 g/mol. The molecule has 6 rings (SSSR count). The second kappa shape index (κ2) is 16.9. The van der Waals surface area contributed by atoms with Gasteiger partial charge in [-0.1, -0.05) is 48.5 Å². The number of para-hydroxylation sites is 1. The summed E-state index contributed by atoms with van der Waals surface area (Å²) in [4.78, 5) is 16.8. The quantitative estimate of drug-likeness (QED) is 0.0867. The van der Waals surface area contributed by atoms with E-state index in [1.807, 2.05) is 49.5 Å². The Labute approximate surface area is 319 Å². The predicted molar refractivity (Wildman–Crippen MR) is 201 cm³/mol. The van der Waals surface area contributed by atoms with Gasteiger partial charge in [0.2, 0.25) is 5.91 Å². The number of ether oxygens (including phenoxy) is 2. The second-order valence-electron chi connectivity index (χ2n) is 14.9. The predicted octanol–water partition coefficient (Wildman–Crippen LogP) is 4.98. The minimum absolute atomic E-state index is 0.110. The summed E-state index contributed by atoms with van der Waals surface area (Å²) in [5.74, 6) is 0.644. The third kappa shape index (κ3) is 9.73. The zero-order valence-corrected chi connectivity index (χ0v) is 31.6. The van der Waals surface area contributed by atoms with E-state index in [2.05, 4.69) is 16.4 Å². The summed E-state index contributed by atoms with van der Waals surface area (Å²) in [5.41, 5.74) is 2.37. The van der Waals surface area contributed by atoms with Gasteiger partial charge in [-0.3, -0.25) is 9.78 Å². The normalized spacial score (nSPS) is 24.5. The van der Waals surface area contributed by atoms with Gasteiger partial charge in [0.1, 0.15) is 29.0 Å². The van der Waals surface area contributed by atoms with E-state index in [9.17, 15) is 35.4 Å². The topological polar surface area (TPSA) is 182 Å². The SMILES string of the molecule is CCCC(=O)NC1(C[C@@H](O)[C@H](O)[C@@H](O)[C@@H](O)CO)CCC(O)(Sc2ccc(Cl)c(COC3(c4cnccc4-c4ccccc4OC4CC4)CC3)c2)CC1. The maximum Gasteiger partial charge on any atom is 0.220 e. The van der Waals surface area contributed by atoms with Crippen LogP contribution >= 0.6 is 23.4 Å². The Balaban J connectivity index is 1.13. The van der Waals surface area contributed by atoms with Gasteiger partial charge in [-0.15, -0.1) is 0 Å². The standard InChI is InChI=1S/C40H51ClN2O9S/c1-2-5-35(47)43-38(21-32(45)36(48)37(49)33(46)23-44)13-17-40(50,18-14-38)53-27-10-11-31(41)25(20-27)24-51-39(15-16-39)30-22-42-19-12-28(30)29-6-3-4-7-34(29)52-26-8-9-26/h3-4,6-7,10-12,19-20,22,26,32-33,36-37,44-46,48-50H,2,5,8-9,13-18,21,23-24H2,1H3,(H,43,47)/t32-,33+,36+,37+,38?,40?/m1/s1. The molecule has 3 fully saturated rings. The van der Waals surface area contributed by atoms with Crippen LogP contribution in [0.4, 0.5) is 0 Å². The van der Waals surface area contributed by atoms with Gasteiger partial charge in [-0.05, 0) is 106 Å². The maximum atomic E-state index is 12.8. The van der Waals surface area contributed by atoms with Gasteiger partial charge in [0.25, 0.3) is 0 Å². The molecule has 3 aromatic rings. The first kappa shape index (κ1) is 39.9. The molecule has 0 radical (unpaired) electrons. The summed E-state index contributed by atoms with van der Waals surface area (Å²) >= 11 is 8.00. The molecule has 3 saturated carbocycles. The number of nitrogens with one attached hydrogen (secondary N) is 1. The van der Waals surface area contributed by atoms with Crippen molar-refractivity contribution in [3.05, 3.63) is 77.1 Å². The lowest BCUT2D eigenvalue weighted by Gasteiger charge is -2.46. The Hall–Kier alpha value is -2.78. The third-order valence-electron chi connectivity index (χ3n) is 10.6. The van der Waals surface area contributed by atoms with Gasteiger partial charge in [0.05, 0.1) is 31.0 Å². The van der Waals surface area contributed by atoms with Crippen molar-refractivity contribution < 1.29 is 44.9 Å². The first-order chi connectivity index (χ1) is 25.4. The van der Waals surface area contributed by atoms with Crippen molar-refractivity contribution in [3.8, 4) is 16.9 Å². The molecule has 0 bridgehead atoms. The lowest BCUT2D eigenvalue weighted by Crippen LogP contribution is -2.57. The number of rotatable bonds is 18. The molecule has 288 valence electrons. The molecule has 2 aromatic carbocycles. The van der Waals surface area contributed by atoms with Crippen LogP contribution in [0.3, 0.4) is 0 Å². The van der Waals surface area contributed by atoms with Crippen LogP contribution in [0.15, 0.2) is 65.8 Å². The number of halogens is 1. The van der Waals surface area contributed by atoms with Crippen molar-refractivity contribution in [2.45, 2.75) is 136 Å². The molecule has 13 heteroatoms. The first-order valence-corrected chi connectivity index (χ1v) is 19.8. The van der Waals surface area contributed by atoms with E-state index in [-0.39, 0.29) is 44.3 Å². The summed E-state index contributed by atoms with van der Waals surface area (Å²) in [6.07, 6.45) is 2.98. The summed E-state index contributed by atoms with van der Waals surface area (Å²) in [6, 6.07) is 15.7. The average Bonchev–Trinajstić information content (AvgIpc) is 4.10. The van der Waals surface area contributed by atoms with Crippen LogP contribution in [0.2, 0.25) is 5.02 Å². The molecule has 53 heavy (non-hydrogen) atoms. The fourth-order valence-electron chi connectivity index (χ4n) is 7.19. The van der Waals surface area contributed by atoms with Crippen molar-refractivity contribution >= 4 is 29.3 Å². The second-order valence-corrected chi connectivity index (χ2v) is 16.7. The fourth-order valence-corrected chi connectivity index (χ4v) is 8.54. The number of hydrogen-bond donors (Lipinski definition) is 7. The minimum atomic E-state index is -1.78. The van der Waals surface area contributed by atoms with Crippen molar-refractivity contribution in [1.29, 1.82) is 0 Å². The molecule has 0 spiro atoms. The summed E-state index contributed by atoms with van der Waals surface area (Å²) in [6.45, 7) is 1.35. The Morgan fingerprint density at radius 3 is 2.38 bits per heavy atom. The summed E-state index contributed by atoms with van der Waals surface area (Å²) in [5, 5.41) is 65.9. The Morgan fingerprint density at radius 1 is 0.981 bits per heavy atom. The number of hydrogen-bond acceptors (Lipinski definition) is 11. The van der Waals surface area contributed by atoms with E-state index in [0.717, 1.165) is 58.6 Å². The monoisotopic (exact) mass is 770 g/mol. The van der Waals surface area contributed by atoms with Crippen LogP contribution in [0.25, 0.3) is 11.1 Å². The number of amides is 1. The number of carbonyl (C=O) groups excluding carboxylic acids is 1. The molecule has 0 saturated heterocycles. The van der Waals surface area contributed by atoms with Crippen molar-refractivity contribution in [2.24, 2.45) is 0 Å². The highest BCUT2D eigenvalue weighted by atomic mass is 35.5. The lowest BCUT2D eigenvalue weighted by molar-refractivity contribution is -0.130. The Bertz CT molecular complexity index is 1710. The van der Waals surface area contributed by atoms with Crippen LogP contribution in [0.1, 0.15) is 88.7 Å². The van der Waals surface area contributed by atoms with Gasteiger partial charge in [-0.2, -0.15) is 0 Å². The van der Waals surface area contributed by atoms with Crippen LogP contribution in [0, 0.1) is 0 Å². The number of benzene rings is 2. The van der Waals surface area contributed by atoms with Gasteiger partial charge < -0.3 is 45.4 Å². The van der Waals surface area contributed by atoms with Gasteiger partial charge >= 0.3 is 0 Å². The highest BCUT2D eigenvalue weighted by Gasteiger charge is 2.48. The molecular formula is C40H51ClN2O9S. The molecule has 1 amide bonds. The molecule has 3 aliphatic carbocycles. The van der Waals surface area contributed by atoms with Crippen molar-refractivity contribution in [1.82, 2.24) is 10.3 Å². The molecule has 3 aliphatic rings. The molecule has 1 aromatic heterocycles. The highest BCUT2D eigenvalue weighted by molar-refractivity contribution is 8.00. The minimum Gasteiger partial charge on any atom is -0.490 e. The van der Waals surface area contributed by atoms with E-state index in [0.29, 0.717) is 24.3 Å². The van der Waals surface area contributed by atoms with E-state index >= 15 is 0 Å². The number of aliphatic hydroxyl groups is 6. The van der Waals surface area contributed by atoms with Gasteiger partial charge in [0.15, 0.2) is 0 Å². The molecule has 7 N–H and O–H groups in total. The number of pyridine rings is 1. The highest BCUT2D eigenvalue weighted by Crippen LogP contribution is 2.54. The van der Waals surface area contributed by atoms with Crippen LogP contribution < -0.4 is 10.1 Å². The molecule has 4 atom stereocenters. The van der Waals surface area contributed by atoms with Crippen molar-refractivity contribution in [3.63, 3.8) is 0 Å². The van der Waals surface area contributed by atoms with Crippen LogP contribution in [-0.4, -0.2) is 89.1 Å². The molecule has 11 nitrogen and oxygen atoms in total. The third-order valence-corrected chi connectivity index (χ3v) is 12.3. The number of thioether (sulfide) groups is 1.